The summed E-state index contributed by atoms with van der Waals surface area (Å²) in [5, 5.41) is 11.4. The van der Waals surface area contributed by atoms with Gasteiger partial charge in [-0.3, -0.25) is 10.1 Å². The van der Waals surface area contributed by atoms with Crippen molar-refractivity contribution in [2.45, 2.75) is 12.8 Å². The zero-order valence-electron chi connectivity index (χ0n) is 12.6. The van der Waals surface area contributed by atoms with Gasteiger partial charge in [0.05, 0.1) is 24.2 Å². The molecule has 0 unspecified atom stereocenters. The molecule has 4 rings (SSSR count). The minimum absolute atomic E-state index is 0.0240. The summed E-state index contributed by atoms with van der Waals surface area (Å²) in [6.07, 6.45) is 2.05. The molecule has 0 aliphatic carbocycles. The first-order valence-corrected chi connectivity index (χ1v) is 7.76. The van der Waals surface area contributed by atoms with E-state index in [2.05, 4.69) is 9.97 Å². The number of oxazole rings is 1. The summed E-state index contributed by atoms with van der Waals surface area (Å²) >= 11 is 0. The number of rotatable bonds is 3. The van der Waals surface area contributed by atoms with Crippen molar-refractivity contribution < 1.29 is 14.1 Å². The third kappa shape index (κ3) is 2.56. The second-order valence-electron chi connectivity index (χ2n) is 5.70. The highest BCUT2D eigenvalue weighted by Crippen LogP contribution is 2.33. The quantitative estimate of drug-likeness (QED) is 0.621. The predicted octanol–water partition coefficient (Wildman–Crippen LogP) is 1.57. The molecule has 0 amide bonds. The third-order valence-corrected chi connectivity index (χ3v) is 4.22. The first-order valence-electron chi connectivity index (χ1n) is 7.76. The lowest BCUT2D eigenvalue weighted by Gasteiger charge is -2.24. The van der Waals surface area contributed by atoms with Gasteiger partial charge in [-0.25, -0.2) is 4.98 Å². The van der Waals surface area contributed by atoms with Crippen molar-refractivity contribution in [1.29, 1.82) is 0 Å². The molecule has 0 atom stereocenters. The van der Waals surface area contributed by atoms with Gasteiger partial charge in [0, 0.05) is 26.2 Å². The fourth-order valence-corrected chi connectivity index (χ4v) is 3.02. The van der Waals surface area contributed by atoms with Crippen LogP contribution in [0.4, 0.5) is 17.5 Å². The Kier molecular flexibility index (Phi) is 3.49. The number of nitrogens with zero attached hydrogens (tertiary/aromatic N) is 5. The minimum atomic E-state index is -0.406. The molecular weight excluding hydrogens is 302 g/mol. The Morgan fingerprint density at radius 3 is 2.52 bits per heavy atom. The first kappa shape index (κ1) is 14.2. The minimum Gasteiger partial charge on any atom is -0.421 e. The Hall–Kier alpha value is -2.42. The van der Waals surface area contributed by atoms with Gasteiger partial charge >= 0.3 is 5.69 Å². The van der Waals surface area contributed by atoms with Crippen molar-refractivity contribution in [2.24, 2.45) is 0 Å². The molecule has 0 saturated carbocycles. The van der Waals surface area contributed by atoms with E-state index in [0.29, 0.717) is 49.4 Å². The van der Waals surface area contributed by atoms with Crippen LogP contribution in [0.3, 0.4) is 0 Å². The number of hydrogen-bond donors (Lipinski definition) is 0. The molecule has 9 nitrogen and oxygen atoms in total. The van der Waals surface area contributed by atoms with Gasteiger partial charge in [0.25, 0.3) is 6.01 Å². The van der Waals surface area contributed by atoms with Crippen molar-refractivity contribution in [3.8, 4) is 0 Å². The van der Waals surface area contributed by atoms with Gasteiger partial charge in [0.15, 0.2) is 5.58 Å². The lowest BCUT2D eigenvalue weighted by Crippen LogP contribution is -2.36. The highest BCUT2D eigenvalue weighted by molar-refractivity contribution is 5.78. The Bertz CT molecular complexity index is 734. The fourth-order valence-electron chi connectivity index (χ4n) is 3.02. The number of anilines is 2. The van der Waals surface area contributed by atoms with Crippen LogP contribution in [-0.2, 0) is 4.74 Å². The van der Waals surface area contributed by atoms with Gasteiger partial charge in [-0.05, 0) is 12.8 Å². The van der Waals surface area contributed by atoms with Crippen LogP contribution in [0.2, 0.25) is 0 Å². The van der Waals surface area contributed by atoms with Gasteiger partial charge in [0.2, 0.25) is 11.5 Å². The predicted molar refractivity (Wildman–Crippen MR) is 82.9 cm³/mol. The zero-order valence-corrected chi connectivity index (χ0v) is 12.6. The number of morpholine rings is 1. The highest BCUT2D eigenvalue weighted by Gasteiger charge is 2.27. The molecule has 0 spiro atoms. The molecule has 2 aromatic rings. The van der Waals surface area contributed by atoms with Crippen LogP contribution in [0.25, 0.3) is 11.2 Å². The topological polar surface area (TPSA) is 97.8 Å². The van der Waals surface area contributed by atoms with Crippen molar-refractivity contribution >= 4 is 28.8 Å². The number of fused-ring (bicyclic) bond motifs is 1. The second kappa shape index (κ2) is 5.65. The number of aromatic nitrogens is 2. The van der Waals surface area contributed by atoms with Crippen molar-refractivity contribution in [3.05, 3.63) is 16.2 Å². The first-order chi connectivity index (χ1) is 11.2. The Morgan fingerprint density at radius 1 is 1.09 bits per heavy atom. The van der Waals surface area contributed by atoms with E-state index in [1.807, 2.05) is 9.80 Å². The van der Waals surface area contributed by atoms with Crippen LogP contribution in [-0.4, -0.2) is 54.3 Å². The lowest BCUT2D eigenvalue weighted by atomic mass is 10.3. The molecule has 0 bridgehead atoms. The van der Waals surface area contributed by atoms with Crippen LogP contribution in [0.5, 0.6) is 0 Å². The second-order valence-corrected chi connectivity index (χ2v) is 5.70. The van der Waals surface area contributed by atoms with E-state index < -0.39 is 4.92 Å². The fraction of sp³-hybridized carbons (Fsp3) is 0.571. The normalized spacial score (nSPS) is 18.8. The van der Waals surface area contributed by atoms with Crippen LogP contribution in [0.1, 0.15) is 12.8 Å². The zero-order chi connectivity index (χ0) is 15.8. The largest absolute Gasteiger partial charge is 0.421 e. The Labute approximate surface area is 132 Å². The smallest absolute Gasteiger partial charge is 0.315 e. The van der Waals surface area contributed by atoms with Crippen LogP contribution in [0, 0.1) is 10.1 Å². The summed E-state index contributed by atoms with van der Waals surface area (Å²) < 4.78 is 11.0. The highest BCUT2D eigenvalue weighted by atomic mass is 16.6. The number of hydrogen-bond acceptors (Lipinski definition) is 8. The Balaban J connectivity index is 1.76. The number of ether oxygens (including phenoxy) is 1. The molecule has 23 heavy (non-hydrogen) atoms. The lowest BCUT2D eigenvalue weighted by molar-refractivity contribution is -0.384. The van der Waals surface area contributed by atoms with Gasteiger partial charge in [-0.2, -0.15) is 4.98 Å². The summed E-state index contributed by atoms with van der Waals surface area (Å²) in [5.41, 5.74) is 0.740. The summed E-state index contributed by atoms with van der Waals surface area (Å²) in [6.45, 7) is 4.18. The van der Waals surface area contributed by atoms with Crippen molar-refractivity contribution in [1.82, 2.24) is 9.97 Å². The molecule has 0 aromatic carbocycles. The third-order valence-electron chi connectivity index (χ3n) is 4.22. The maximum atomic E-state index is 11.4. The molecule has 0 N–H and O–H groups in total. The molecular formula is C14H17N5O4. The average Bonchev–Trinajstić information content (AvgIpc) is 3.23. The summed E-state index contributed by atoms with van der Waals surface area (Å²) in [5.74, 6) is 0.391. The van der Waals surface area contributed by atoms with E-state index in [1.165, 1.54) is 6.07 Å². The molecule has 2 aliphatic heterocycles. The van der Waals surface area contributed by atoms with Gasteiger partial charge in [0.1, 0.15) is 0 Å². The van der Waals surface area contributed by atoms with Crippen LogP contribution in [0.15, 0.2) is 10.5 Å². The SMILES string of the molecule is O=[N+]([O-])c1cc2oc(N3CCOCC3)nc2nc1N1CCCC1. The van der Waals surface area contributed by atoms with E-state index in [4.69, 9.17) is 9.15 Å². The molecule has 122 valence electrons. The van der Waals surface area contributed by atoms with Crippen LogP contribution >= 0.6 is 0 Å². The summed E-state index contributed by atoms with van der Waals surface area (Å²) in [6, 6.07) is 1.89. The van der Waals surface area contributed by atoms with Gasteiger partial charge in [-0.1, -0.05) is 0 Å². The monoisotopic (exact) mass is 319 g/mol. The van der Waals surface area contributed by atoms with E-state index in [9.17, 15) is 10.1 Å². The average molecular weight is 319 g/mol. The molecule has 0 radical (unpaired) electrons. The number of nitro groups is 1. The standard InChI is InChI=1S/C14H17N5O4/c20-19(21)10-9-11-12(15-13(10)17-3-1-2-4-17)16-14(23-11)18-5-7-22-8-6-18/h9H,1-8H2. The van der Waals surface area contributed by atoms with E-state index >= 15 is 0 Å². The molecule has 2 saturated heterocycles. The van der Waals surface area contributed by atoms with E-state index in [0.717, 1.165) is 25.9 Å². The van der Waals surface area contributed by atoms with E-state index in [-0.39, 0.29) is 5.69 Å². The molecule has 2 aliphatic rings. The van der Waals surface area contributed by atoms with Crippen LogP contribution < -0.4 is 9.80 Å². The Morgan fingerprint density at radius 2 is 1.83 bits per heavy atom. The maximum Gasteiger partial charge on any atom is 0.315 e. The van der Waals surface area contributed by atoms with Crippen molar-refractivity contribution in [2.75, 3.05) is 49.2 Å². The number of pyridine rings is 1. The molecule has 9 heteroatoms. The maximum absolute atomic E-state index is 11.4. The molecule has 2 fully saturated rings. The van der Waals surface area contributed by atoms with E-state index in [1.54, 1.807) is 0 Å². The molecule has 2 aromatic heterocycles. The van der Waals surface area contributed by atoms with Gasteiger partial charge in [-0.15, -0.1) is 0 Å². The van der Waals surface area contributed by atoms with Gasteiger partial charge < -0.3 is 19.0 Å². The van der Waals surface area contributed by atoms with Crippen molar-refractivity contribution in [3.63, 3.8) is 0 Å². The molecule has 4 heterocycles. The summed E-state index contributed by atoms with van der Waals surface area (Å²) in [4.78, 5) is 23.7. The summed E-state index contributed by atoms with van der Waals surface area (Å²) in [7, 11) is 0.